The molecule has 166 valence electrons. The molecule has 6 heteroatoms. The molecule has 0 unspecified atom stereocenters. The van der Waals surface area contributed by atoms with Crippen molar-refractivity contribution < 1.29 is 14.0 Å². The van der Waals surface area contributed by atoms with Crippen molar-refractivity contribution in [2.24, 2.45) is 5.73 Å². The van der Waals surface area contributed by atoms with Gasteiger partial charge in [0.2, 0.25) is 0 Å². The van der Waals surface area contributed by atoms with Gasteiger partial charge in [0.1, 0.15) is 0 Å². The van der Waals surface area contributed by atoms with E-state index in [4.69, 9.17) is 14.9 Å². The van der Waals surface area contributed by atoms with Gasteiger partial charge in [-0.15, -0.1) is 0 Å². The van der Waals surface area contributed by atoms with Crippen molar-refractivity contribution in [3.8, 4) is 0 Å². The monoisotopic (exact) mass is 501 g/mol. The summed E-state index contributed by atoms with van der Waals surface area (Å²) in [4.78, 5) is 12.3. The second-order valence-corrected chi connectivity index (χ2v) is 14.3. The minimum atomic E-state index is -2.77. The van der Waals surface area contributed by atoms with Gasteiger partial charge in [-0.05, 0) is 22.3 Å². The Hall–Kier alpha value is -1.73. The zero-order valence-electron chi connectivity index (χ0n) is 18.7. The average Bonchev–Trinajstić information content (AvgIpc) is 2.75. The predicted molar refractivity (Wildman–Crippen MR) is 133 cm³/mol. The molecule has 0 saturated heterocycles. The van der Waals surface area contributed by atoms with Crippen molar-refractivity contribution in [2.75, 3.05) is 6.61 Å². The van der Waals surface area contributed by atoms with E-state index in [0.29, 0.717) is 18.6 Å². The molecule has 3 rings (SSSR count). The minimum Gasteiger partial charge on any atom is -0.463 e. The number of hydrogen-bond acceptors (Lipinski definition) is 4. The summed E-state index contributed by atoms with van der Waals surface area (Å²) in [7, 11) is -2.77. The summed E-state index contributed by atoms with van der Waals surface area (Å²) in [5.74, 6) is -0.296. The van der Waals surface area contributed by atoms with Gasteiger partial charge in [-0.25, -0.2) is 4.79 Å². The van der Waals surface area contributed by atoms with Gasteiger partial charge in [-0.2, -0.15) is 0 Å². The van der Waals surface area contributed by atoms with E-state index < -0.39 is 8.32 Å². The average molecular weight is 503 g/mol. The lowest BCUT2D eigenvalue weighted by atomic mass is 9.93. The second-order valence-electron chi connectivity index (χ2n) is 8.96. The molecule has 0 aliphatic heterocycles. The van der Waals surface area contributed by atoms with Crippen molar-refractivity contribution in [1.82, 2.24) is 0 Å². The quantitative estimate of drug-likeness (QED) is 0.370. The summed E-state index contributed by atoms with van der Waals surface area (Å²) in [6.07, 6.45) is 1.99. The van der Waals surface area contributed by atoms with Gasteiger partial charge in [-0.1, -0.05) is 103 Å². The Morgan fingerprint density at radius 3 is 2.03 bits per heavy atom. The Morgan fingerprint density at radius 1 is 1.06 bits per heavy atom. The number of carbonyl (C=O) groups is 1. The SMILES string of the molecule is CCOC(=O)C1=C[C@@H](Br)[C@H](N)[C@H](O[Si](c2ccccc2)(c2ccccc2)C(C)(C)C)C1. The van der Waals surface area contributed by atoms with E-state index in [1.807, 2.05) is 25.1 Å². The third-order valence-electron chi connectivity index (χ3n) is 5.86. The van der Waals surface area contributed by atoms with Crippen LogP contribution in [0.25, 0.3) is 0 Å². The number of hydrogen-bond donors (Lipinski definition) is 1. The van der Waals surface area contributed by atoms with Crippen molar-refractivity contribution in [1.29, 1.82) is 0 Å². The summed E-state index contributed by atoms with van der Waals surface area (Å²) in [5.41, 5.74) is 7.24. The topological polar surface area (TPSA) is 61.5 Å². The maximum absolute atomic E-state index is 12.5. The Labute approximate surface area is 195 Å². The van der Waals surface area contributed by atoms with Crippen LogP contribution in [-0.2, 0) is 14.0 Å². The molecule has 1 aliphatic carbocycles. The molecule has 0 amide bonds. The number of carbonyl (C=O) groups excluding carboxylic acids is 1. The van der Waals surface area contributed by atoms with Gasteiger partial charge < -0.3 is 14.9 Å². The van der Waals surface area contributed by atoms with Gasteiger partial charge >= 0.3 is 5.97 Å². The largest absolute Gasteiger partial charge is 0.463 e. The molecule has 0 saturated carbocycles. The highest BCUT2D eigenvalue weighted by Gasteiger charge is 2.52. The first-order chi connectivity index (χ1) is 14.7. The summed E-state index contributed by atoms with van der Waals surface area (Å²) < 4.78 is 12.5. The van der Waals surface area contributed by atoms with Gasteiger partial charge in [0.25, 0.3) is 8.32 Å². The lowest BCUT2D eigenvalue weighted by Crippen LogP contribution is -2.69. The van der Waals surface area contributed by atoms with Crippen LogP contribution in [0.5, 0.6) is 0 Å². The van der Waals surface area contributed by atoms with Crippen LogP contribution in [0, 0.1) is 0 Å². The van der Waals surface area contributed by atoms with Crippen molar-refractivity contribution in [3.05, 3.63) is 72.3 Å². The standard InChI is InChI=1S/C25H32BrNO3Si/c1-5-29-24(28)18-16-21(26)23(27)22(17-18)30-31(25(2,3)4,19-12-8-6-9-13-19)20-14-10-7-11-15-20/h6-16,21-23H,5,17,27H2,1-4H3/t21-,22-,23+/m1/s1. The minimum absolute atomic E-state index is 0.163. The molecule has 0 radical (unpaired) electrons. The molecule has 0 fully saturated rings. The number of alkyl halides is 1. The molecule has 2 aromatic rings. The Morgan fingerprint density at radius 2 is 1.58 bits per heavy atom. The van der Waals surface area contributed by atoms with Gasteiger partial charge in [-0.3, -0.25) is 0 Å². The number of nitrogens with two attached hydrogens (primary N) is 1. The summed E-state index contributed by atoms with van der Waals surface area (Å²) in [6.45, 7) is 8.87. The first-order valence-corrected chi connectivity index (χ1v) is 13.6. The van der Waals surface area contributed by atoms with Gasteiger partial charge in [0.05, 0.1) is 17.5 Å². The van der Waals surface area contributed by atoms with E-state index in [9.17, 15) is 4.79 Å². The highest BCUT2D eigenvalue weighted by Crippen LogP contribution is 2.39. The first kappa shape index (κ1) is 23.9. The van der Waals surface area contributed by atoms with E-state index in [1.165, 1.54) is 10.4 Å². The molecule has 3 atom stereocenters. The zero-order valence-corrected chi connectivity index (χ0v) is 21.3. The van der Waals surface area contributed by atoms with E-state index in [-0.39, 0.29) is 28.0 Å². The number of esters is 1. The second kappa shape index (κ2) is 9.82. The number of halogens is 1. The van der Waals surface area contributed by atoms with Crippen LogP contribution in [0.1, 0.15) is 34.1 Å². The molecule has 0 spiro atoms. The van der Waals surface area contributed by atoms with Crippen molar-refractivity contribution in [3.63, 3.8) is 0 Å². The number of benzene rings is 2. The van der Waals surface area contributed by atoms with Crippen molar-refractivity contribution in [2.45, 2.75) is 56.1 Å². The molecule has 31 heavy (non-hydrogen) atoms. The highest BCUT2D eigenvalue weighted by molar-refractivity contribution is 9.09. The Balaban J connectivity index is 2.11. The van der Waals surface area contributed by atoms with Crippen LogP contribution in [0.15, 0.2) is 72.3 Å². The molecule has 0 aromatic heterocycles. The molecule has 1 aliphatic rings. The normalized spacial score (nSPS) is 22.0. The Kier molecular flexibility index (Phi) is 7.58. The van der Waals surface area contributed by atoms with E-state index >= 15 is 0 Å². The first-order valence-electron chi connectivity index (χ1n) is 10.8. The third-order valence-corrected chi connectivity index (χ3v) is 11.8. The van der Waals surface area contributed by atoms with E-state index in [1.54, 1.807) is 0 Å². The fraction of sp³-hybridized carbons (Fsp3) is 0.400. The van der Waals surface area contributed by atoms with Gasteiger partial charge in [0, 0.05) is 18.0 Å². The fourth-order valence-corrected chi connectivity index (χ4v) is 9.71. The summed E-state index contributed by atoms with van der Waals surface area (Å²) in [6, 6.07) is 20.7. The predicted octanol–water partition coefficient (Wildman–Crippen LogP) is 3.92. The lowest BCUT2D eigenvalue weighted by Gasteiger charge is -2.47. The van der Waals surface area contributed by atoms with Gasteiger partial charge in [0.15, 0.2) is 0 Å². The molecule has 0 heterocycles. The smallest absolute Gasteiger partial charge is 0.333 e. The molecule has 2 aromatic carbocycles. The van der Waals surface area contributed by atoms with Crippen LogP contribution < -0.4 is 16.1 Å². The zero-order chi connectivity index (χ0) is 22.6. The summed E-state index contributed by atoms with van der Waals surface area (Å²) >= 11 is 3.65. The number of ether oxygens (including phenoxy) is 1. The molecule has 2 N–H and O–H groups in total. The maximum Gasteiger partial charge on any atom is 0.333 e. The summed E-state index contributed by atoms with van der Waals surface area (Å²) in [5, 5.41) is 2.22. The van der Waals surface area contributed by atoms with Crippen LogP contribution in [0.3, 0.4) is 0 Å². The van der Waals surface area contributed by atoms with Crippen LogP contribution in [0.4, 0.5) is 0 Å². The molecule has 4 nitrogen and oxygen atoms in total. The molecular formula is C25H32BrNO3Si. The highest BCUT2D eigenvalue weighted by atomic mass is 79.9. The molecule has 0 bridgehead atoms. The van der Waals surface area contributed by atoms with Crippen LogP contribution in [0.2, 0.25) is 5.04 Å². The fourth-order valence-electron chi connectivity index (χ4n) is 4.34. The van der Waals surface area contributed by atoms with E-state index in [0.717, 1.165) is 0 Å². The lowest BCUT2D eigenvalue weighted by molar-refractivity contribution is -0.139. The van der Waals surface area contributed by atoms with Crippen LogP contribution >= 0.6 is 15.9 Å². The van der Waals surface area contributed by atoms with E-state index in [2.05, 4.69) is 85.2 Å². The number of rotatable bonds is 6. The third kappa shape index (κ3) is 4.87. The Bertz CT molecular complexity index is 872. The van der Waals surface area contributed by atoms with Crippen LogP contribution in [-0.4, -0.2) is 37.9 Å². The van der Waals surface area contributed by atoms with Crippen molar-refractivity contribution >= 4 is 40.6 Å². The maximum atomic E-state index is 12.5. The molecular weight excluding hydrogens is 470 g/mol.